The van der Waals surface area contributed by atoms with Gasteiger partial charge in [0.05, 0.1) is 20.6 Å². The van der Waals surface area contributed by atoms with Gasteiger partial charge in [0.15, 0.2) is 0 Å². The highest BCUT2D eigenvalue weighted by Gasteiger charge is 2.16. The molecule has 0 unspecified atom stereocenters. The van der Waals surface area contributed by atoms with Gasteiger partial charge in [-0.05, 0) is 100 Å². The lowest BCUT2D eigenvalue weighted by Crippen LogP contribution is -2.09. The maximum absolute atomic E-state index is 9.57. The molecule has 0 aliphatic carbocycles. The SMILES string of the molecule is [2H]c1c([2H])c([2H])c2c(c1[2H])c1c([2H])c(-c3ccc(N(c4ccc(-c5ccccc5)cc4)c4ccc(-c5ccccc5)cc4)cc3)c([2H])c([2H])c1n2-c1ccccc1. The van der Waals surface area contributed by atoms with Gasteiger partial charge in [-0.1, -0.05) is 139 Å². The molecule has 0 fully saturated rings. The second-order valence-electron chi connectivity index (χ2n) is 12.1. The molecule has 0 N–H and O–H groups in total. The Labute approximate surface area is 302 Å². The quantitative estimate of drug-likeness (QED) is 0.167. The van der Waals surface area contributed by atoms with E-state index < -0.39 is 12.1 Å². The summed E-state index contributed by atoms with van der Waals surface area (Å²) in [5.74, 6) is 0. The van der Waals surface area contributed by atoms with Crippen LogP contribution >= 0.6 is 0 Å². The summed E-state index contributed by atoms with van der Waals surface area (Å²) in [5, 5.41) is 0.361. The summed E-state index contributed by atoms with van der Waals surface area (Å²) in [6.07, 6.45) is 0. The molecule has 0 radical (unpaired) electrons. The number of para-hydroxylation sites is 2. The third-order valence-electron chi connectivity index (χ3n) is 9.05. The third-order valence-corrected chi connectivity index (χ3v) is 9.05. The summed E-state index contributed by atoms with van der Waals surface area (Å²) in [6.45, 7) is 0. The molecular weight excluding hydrogens is 605 g/mol. The van der Waals surface area contributed by atoms with E-state index >= 15 is 0 Å². The molecule has 9 aromatic rings. The van der Waals surface area contributed by atoms with Gasteiger partial charge in [-0.25, -0.2) is 0 Å². The Kier molecular flexibility index (Phi) is 5.83. The monoisotopic (exact) mass is 645 g/mol. The Hall–Kier alpha value is -6.64. The minimum atomic E-state index is -0.417. The predicted molar refractivity (Wildman–Crippen MR) is 212 cm³/mol. The summed E-state index contributed by atoms with van der Waals surface area (Å²) in [7, 11) is 0. The molecule has 0 spiro atoms. The van der Waals surface area contributed by atoms with Crippen molar-refractivity contribution in [2.24, 2.45) is 0 Å². The minimum Gasteiger partial charge on any atom is -0.311 e. The molecule has 0 aliphatic rings. The molecule has 2 nitrogen and oxygen atoms in total. The first kappa shape index (κ1) is 22.8. The van der Waals surface area contributed by atoms with Gasteiger partial charge in [0.1, 0.15) is 0 Å². The Bertz CT molecular complexity index is 2850. The highest BCUT2D eigenvalue weighted by Crippen LogP contribution is 2.39. The molecule has 236 valence electrons. The van der Waals surface area contributed by atoms with Crippen molar-refractivity contribution in [2.45, 2.75) is 0 Å². The first-order valence-corrected chi connectivity index (χ1v) is 16.5. The minimum absolute atomic E-state index is 0.0756. The summed E-state index contributed by atoms with van der Waals surface area (Å²) in [5.41, 5.74) is 8.86. The van der Waals surface area contributed by atoms with Crippen molar-refractivity contribution in [2.75, 3.05) is 4.90 Å². The lowest BCUT2D eigenvalue weighted by atomic mass is 10.0. The first-order valence-electron chi connectivity index (χ1n) is 20.0. The Morgan fingerprint density at radius 1 is 0.360 bits per heavy atom. The molecular formula is C48H34N2. The van der Waals surface area contributed by atoms with Crippen molar-refractivity contribution in [3.05, 3.63) is 206 Å². The Balaban J connectivity index is 1.20. The number of hydrogen-bond donors (Lipinski definition) is 0. The fourth-order valence-electron chi connectivity index (χ4n) is 6.59. The zero-order valence-corrected chi connectivity index (χ0v) is 27.0. The van der Waals surface area contributed by atoms with Gasteiger partial charge in [0.25, 0.3) is 0 Å². The van der Waals surface area contributed by atoms with Crippen molar-refractivity contribution < 1.29 is 9.60 Å². The van der Waals surface area contributed by atoms with Gasteiger partial charge >= 0.3 is 0 Å². The van der Waals surface area contributed by atoms with Crippen LogP contribution in [0.15, 0.2) is 206 Å². The van der Waals surface area contributed by atoms with Crippen LogP contribution in [0.3, 0.4) is 0 Å². The fourth-order valence-corrected chi connectivity index (χ4v) is 6.59. The highest BCUT2D eigenvalue weighted by molar-refractivity contribution is 6.10. The summed E-state index contributed by atoms with van der Waals surface area (Å²) < 4.78 is 64.6. The van der Waals surface area contributed by atoms with Gasteiger partial charge in [0.2, 0.25) is 0 Å². The predicted octanol–water partition coefficient (Wildman–Crippen LogP) is 13.3. The van der Waals surface area contributed by atoms with Crippen molar-refractivity contribution >= 4 is 38.9 Å². The van der Waals surface area contributed by atoms with Crippen molar-refractivity contribution in [3.63, 3.8) is 0 Å². The molecule has 0 aliphatic heterocycles. The second kappa shape index (κ2) is 12.8. The number of anilines is 3. The van der Waals surface area contributed by atoms with Crippen LogP contribution in [-0.2, 0) is 0 Å². The smallest absolute Gasteiger partial charge is 0.0645 e. The maximum Gasteiger partial charge on any atom is 0.0645 e. The molecule has 50 heavy (non-hydrogen) atoms. The van der Waals surface area contributed by atoms with E-state index in [1.807, 2.05) is 66.7 Å². The van der Waals surface area contributed by atoms with Gasteiger partial charge in [-0.2, -0.15) is 0 Å². The average Bonchev–Trinajstić information content (AvgIpc) is 3.63. The van der Waals surface area contributed by atoms with E-state index in [1.54, 1.807) is 28.8 Å². The number of nitrogens with zero attached hydrogens (tertiary/aromatic N) is 2. The lowest BCUT2D eigenvalue weighted by Gasteiger charge is -2.26. The van der Waals surface area contributed by atoms with Crippen LogP contribution in [-0.4, -0.2) is 4.57 Å². The van der Waals surface area contributed by atoms with Gasteiger partial charge < -0.3 is 9.47 Å². The van der Waals surface area contributed by atoms with Gasteiger partial charge in [0, 0.05) is 33.5 Å². The summed E-state index contributed by atoms with van der Waals surface area (Å²) in [4.78, 5) is 2.15. The van der Waals surface area contributed by atoms with Gasteiger partial charge in [-0.3, -0.25) is 0 Å². The largest absolute Gasteiger partial charge is 0.311 e. The first-order chi connectivity index (χ1) is 27.7. The molecule has 0 atom stereocenters. The van der Waals surface area contributed by atoms with Crippen LogP contribution in [0.1, 0.15) is 9.60 Å². The summed E-state index contributed by atoms with van der Waals surface area (Å²) >= 11 is 0. The molecule has 0 bridgehead atoms. The Morgan fingerprint density at radius 2 is 0.780 bits per heavy atom. The van der Waals surface area contributed by atoms with E-state index in [2.05, 4.69) is 77.7 Å². The van der Waals surface area contributed by atoms with Crippen molar-refractivity contribution in [1.82, 2.24) is 4.57 Å². The van der Waals surface area contributed by atoms with Crippen LogP contribution < -0.4 is 4.90 Å². The number of fused-ring (bicyclic) bond motifs is 3. The van der Waals surface area contributed by atoms with Crippen LogP contribution in [0, 0.1) is 0 Å². The van der Waals surface area contributed by atoms with Gasteiger partial charge in [-0.15, -0.1) is 0 Å². The standard InChI is InChI=1S/C48H34N2/c1-4-12-35(13-5-1)37-20-27-42(28-21-37)49(43-29-22-38(23-30-43)36-14-6-2-7-15-36)44-31-24-39(25-32-44)40-26-33-48-46(34-40)45-18-10-11-19-47(45)50(48)41-16-8-3-9-17-41/h1-34H/i10D,11D,18D,19D,26D,33D,34D. The van der Waals surface area contributed by atoms with E-state index in [0.29, 0.717) is 11.3 Å². The van der Waals surface area contributed by atoms with E-state index in [9.17, 15) is 4.11 Å². The maximum atomic E-state index is 9.57. The van der Waals surface area contributed by atoms with Crippen molar-refractivity contribution in [3.8, 4) is 39.1 Å². The molecule has 8 aromatic carbocycles. The molecule has 0 amide bonds. The Morgan fingerprint density at radius 3 is 1.30 bits per heavy atom. The number of aromatic nitrogens is 1. The average molecular weight is 646 g/mol. The summed E-state index contributed by atoms with van der Waals surface area (Å²) in [6, 6.07) is 52.1. The molecule has 2 heteroatoms. The molecule has 0 saturated heterocycles. The van der Waals surface area contributed by atoms with Crippen LogP contribution in [0.4, 0.5) is 17.1 Å². The molecule has 9 rings (SSSR count). The van der Waals surface area contributed by atoms with Crippen LogP contribution in [0.25, 0.3) is 60.9 Å². The van der Waals surface area contributed by atoms with Crippen molar-refractivity contribution in [1.29, 1.82) is 0 Å². The normalized spacial score (nSPS) is 13.2. The number of rotatable bonds is 7. The lowest BCUT2D eigenvalue weighted by molar-refractivity contribution is 1.18. The molecule has 1 aromatic heterocycles. The second-order valence-corrected chi connectivity index (χ2v) is 12.1. The third kappa shape index (κ3) is 5.43. The van der Waals surface area contributed by atoms with Crippen LogP contribution in [0.2, 0.25) is 0 Å². The van der Waals surface area contributed by atoms with Crippen LogP contribution in [0.5, 0.6) is 0 Å². The molecule has 0 saturated carbocycles. The number of hydrogen-bond acceptors (Lipinski definition) is 1. The fraction of sp³-hybridized carbons (Fsp3) is 0. The van der Waals surface area contributed by atoms with E-state index in [-0.39, 0.29) is 57.6 Å². The van der Waals surface area contributed by atoms with E-state index in [0.717, 1.165) is 39.3 Å². The highest BCUT2D eigenvalue weighted by atomic mass is 15.1. The number of benzene rings is 8. The molecule has 1 heterocycles. The zero-order chi connectivity index (χ0) is 39.4. The van der Waals surface area contributed by atoms with E-state index in [1.165, 1.54) is 0 Å². The van der Waals surface area contributed by atoms with E-state index in [4.69, 9.17) is 5.48 Å². The topological polar surface area (TPSA) is 8.17 Å². The zero-order valence-electron chi connectivity index (χ0n) is 34.0.